The highest BCUT2D eigenvalue weighted by molar-refractivity contribution is 6.02. The summed E-state index contributed by atoms with van der Waals surface area (Å²) in [5, 5.41) is 16.6. The van der Waals surface area contributed by atoms with Gasteiger partial charge in [0.15, 0.2) is 0 Å². The van der Waals surface area contributed by atoms with Crippen LogP contribution in [0.25, 0.3) is 16.6 Å². The highest BCUT2D eigenvalue weighted by Crippen LogP contribution is 2.31. The van der Waals surface area contributed by atoms with Crippen LogP contribution in [-0.2, 0) is 4.79 Å². The fourth-order valence-electron chi connectivity index (χ4n) is 4.06. The van der Waals surface area contributed by atoms with E-state index in [4.69, 9.17) is 15.7 Å². The van der Waals surface area contributed by atoms with Crippen molar-refractivity contribution in [1.82, 2.24) is 19.5 Å². The summed E-state index contributed by atoms with van der Waals surface area (Å²) < 4.78 is 7.09. The summed E-state index contributed by atoms with van der Waals surface area (Å²) in [6.45, 7) is 5.43. The van der Waals surface area contributed by atoms with E-state index in [0.717, 1.165) is 11.1 Å². The summed E-state index contributed by atoms with van der Waals surface area (Å²) in [6.07, 6.45) is 4.86. The zero-order valence-electron chi connectivity index (χ0n) is 18.5. The zero-order chi connectivity index (χ0) is 23.5. The molecule has 3 aromatic heterocycles. The SMILES string of the molecule is CCOc1ccc(-c2cc3c(N[C@@H]4CN(C(=O)CC#N)C[C@H]4C)c(C(N)=O)cnn3c2)cn1. The second-order valence-corrected chi connectivity index (χ2v) is 8.04. The topological polar surface area (TPSA) is 139 Å². The molecule has 0 spiro atoms. The number of primary amides is 1. The van der Waals surface area contributed by atoms with Gasteiger partial charge in [0.05, 0.1) is 35.6 Å². The summed E-state index contributed by atoms with van der Waals surface area (Å²) in [5.41, 5.74) is 8.90. The summed E-state index contributed by atoms with van der Waals surface area (Å²) in [7, 11) is 0. The summed E-state index contributed by atoms with van der Waals surface area (Å²) in [6, 6.07) is 7.42. The van der Waals surface area contributed by atoms with Gasteiger partial charge in [-0.2, -0.15) is 10.4 Å². The van der Waals surface area contributed by atoms with Gasteiger partial charge in [-0.05, 0) is 25.0 Å². The molecule has 0 aromatic carbocycles. The van der Waals surface area contributed by atoms with Crippen LogP contribution < -0.4 is 15.8 Å². The number of fused-ring (bicyclic) bond motifs is 1. The quantitative estimate of drug-likeness (QED) is 0.565. The smallest absolute Gasteiger partial charge is 0.252 e. The molecule has 0 unspecified atom stereocenters. The van der Waals surface area contributed by atoms with Crippen molar-refractivity contribution in [2.24, 2.45) is 11.7 Å². The first-order valence-corrected chi connectivity index (χ1v) is 10.7. The first-order valence-electron chi connectivity index (χ1n) is 10.7. The van der Waals surface area contributed by atoms with E-state index in [1.807, 2.05) is 38.2 Å². The maximum atomic E-state index is 12.2. The van der Waals surface area contributed by atoms with Crippen molar-refractivity contribution in [3.63, 3.8) is 0 Å². The number of carbonyl (C=O) groups is 2. The van der Waals surface area contributed by atoms with E-state index in [1.54, 1.807) is 21.7 Å². The van der Waals surface area contributed by atoms with Gasteiger partial charge < -0.3 is 20.7 Å². The number of hydrogen-bond donors (Lipinski definition) is 2. The molecule has 0 radical (unpaired) electrons. The Morgan fingerprint density at radius 3 is 2.79 bits per heavy atom. The van der Waals surface area contributed by atoms with Crippen molar-refractivity contribution in [2.45, 2.75) is 26.3 Å². The number of nitrogens with two attached hydrogens (primary N) is 1. The van der Waals surface area contributed by atoms with Gasteiger partial charge in [-0.25, -0.2) is 9.50 Å². The lowest BCUT2D eigenvalue weighted by atomic mass is 10.1. The Bertz CT molecular complexity index is 1230. The molecule has 10 nitrogen and oxygen atoms in total. The number of nitriles is 1. The largest absolute Gasteiger partial charge is 0.478 e. The van der Waals surface area contributed by atoms with Crippen LogP contribution in [0.3, 0.4) is 0 Å². The van der Waals surface area contributed by atoms with Crippen molar-refractivity contribution in [1.29, 1.82) is 5.26 Å². The van der Waals surface area contributed by atoms with Gasteiger partial charge in [0.1, 0.15) is 6.42 Å². The molecule has 1 saturated heterocycles. The number of rotatable bonds is 7. The van der Waals surface area contributed by atoms with Crippen molar-refractivity contribution in [2.75, 3.05) is 25.0 Å². The molecule has 33 heavy (non-hydrogen) atoms. The molecule has 0 saturated carbocycles. The minimum Gasteiger partial charge on any atom is -0.478 e. The molecule has 4 rings (SSSR count). The van der Waals surface area contributed by atoms with E-state index in [0.29, 0.717) is 36.8 Å². The van der Waals surface area contributed by atoms with Gasteiger partial charge >= 0.3 is 0 Å². The van der Waals surface area contributed by atoms with Crippen LogP contribution >= 0.6 is 0 Å². The average molecular weight is 447 g/mol. The highest BCUT2D eigenvalue weighted by Gasteiger charge is 2.33. The number of ether oxygens (including phenoxy) is 1. The summed E-state index contributed by atoms with van der Waals surface area (Å²) >= 11 is 0. The molecule has 1 fully saturated rings. The molecule has 0 bridgehead atoms. The Hall–Kier alpha value is -4.13. The fraction of sp³-hybridized carbons (Fsp3) is 0.348. The van der Waals surface area contributed by atoms with E-state index < -0.39 is 5.91 Å². The van der Waals surface area contributed by atoms with E-state index in [1.165, 1.54) is 6.20 Å². The van der Waals surface area contributed by atoms with E-state index >= 15 is 0 Å². The number of nitrogens with one attached hydrogen (secondary N) is 1. The van der Waals surface area contributed by atoms with E-state index in [-0.39, 0.29) is 29.9 Å². The van der Waals surface area contributed by atoms with Crippen LogP contribution in [0.2, 0.25) is 0 Å². The Labute approximate surface area is 191 Å². The minimum absolute atomic E-state index is 0.109. The third-order valence-electron chi connectivity index (χ3n) is 5.79. The van der Waals surface area contributed by atoms with Gasteiger partial charge in [0.2, 0.25) is 11.8 Å². The Morgan fingerprint density at radius 2 is 2.12 bits per heavy atom. The normalized spacial score (nSPS) is 17.7. The van der Waals surface area contributed by atoms with Crippen LogP contribution in [0.5, 0.6) is 5.88 Å². The third kappa shape index (κ3) is 4.43. The first-order chi connectivity index (χ1) is 15.9. The van der Waals surface area contributed by atoms with Crippen molar-refractivity contribution < 1.29 is 14.3 Å². The van der Waals surface area contributed by atoms with E-state index in [2.05, 4.69) is 15.4 Å². The lowest BCUT2D eigenvalue weighted by Crippen LogP contribution is -2.32. The predicted molar refractivity (Wildman–Crippen MR) is 121 cm³/mol. The summed E-state index contributed by atoms with van der Waals surface area (Å²) in [4.78, 5) is 30.3. The second-order valence-electron chi connectivity index (χ2n) is 8.04. The molecule has 170 valence electrons. The Balaban J connectivity index is 1.68. The molecule has 1 aliphatic rings. The Kier molecular flexibility index (Phi) is 6.13. The third-order valence-corrected chi connectivity index (χ3v) is 5.79. The molecular weight excluding hydrogens is 422 g/mol. The number of likely N-dealkylation sites (tertiary alicyclic amines) is 1. The number of nitrogens with zero attached hydrogens (tertiary/aromatic N) is 5. The lowest BCUT2D eigenvalue weighted by Gasteiger charge is -2.20. The zero-order valence-corrected chi connectivity index (χ0v) is 18.5. The van der Waals surface area contributed by atoms with Gasteiger partial charge in [-0.1, -0.05) is 6.92 Å². The standard InChI is InChI=1S/C23H25N7O3/c1-3-33-20-5-4-15(9-26-20)16-8-19-22(17(23(25)32)10-27-30(19)12-16)28-18-13-29(11-14(18)2)21(31)6-7-24/h4-5,8-10,12,14,18,28H,3,6,11,13H2,1-2H3,(H2,25,32)/t14-,18-/m1/s1. The predicted octanol–water partition coefficient (Wildman–Crippen LogP) is 2.07. The average Bonchev–Trinajstić information content (AvgIpc) is 3.39. The molecule has 2 amide bonds. The molecule has 0 aliphatic carbocycles. The number of aromatic nitrogens is 3. The number of anilines is 1. The van der Waals surface area contributed by atoms with E-state index in [9.17, 15) is 9.59 Å². The number of pyridine rings is 1. The maximum absolute atomic E-state index is 12.2. The molecule has 2 atom stereocenters. The van der Waals surface area contributed by atoms with Crippen LogP contribution in [-0.4, -0.2) is 57.1 Å². The van der Waals surface area contributed by atoms with Gasteiger partial charge in [0, 0.05) is 48.7 Å². The van der Waals surface area contributed by atoms with Crippen LogP contribution in [0.15, 0.2) is 36.8 Å². The molecule has 1 aliphatic heterocycles. The number of carbonyl (C=O) groups excluding carboxylic acids is 2. The van der Waals surface area contributed by atoms with Crippen molar-refractivity contribution in [3.8, 4) is 23.1 Å². The number of hydrogen-bond acceptors (Lipinski definition) is 7. The lowest BCUT2D eigenvalue weighted by molar-refractivity contribution is -0.129. The maximum Gasteiger partial charge on any atom is 0.252 e. The molecule has 3 aromatic rings. The minimum atomic E-state index is -0.596. The van der Waals surface area contributed by atoms with Crippen molar-refractivity contribution in [3.05, 3.63) is 42.4 Å². The van der Waals surface area contributed by atoms with Crippen LogP contribution in [0.1, 0.15) is 30.6 Å². The van der Waals surface area contributed by atoms with Crippen LogP contribution in [0.4, 0.5) is 5.69 Å². The first kappa shape index (κ1) is 22.1. The fourth-order valence-corrected chi connectivity index (χ4v) is 4.06. The number of amides is 2. The monoisotopic (exact) mass is 447 g/mol. The van der Waals surface area contributed by atoms with Gasteiger partial charge in [-0.3, -0.25) is 9.59 Å². The van der Waals surface area contributed by atoms with Gasteiger partial charge in [-0.15, -0.1) is 0 Å². The molecule has 10 heteroatoms. The van der Waals surface area contributed by atoms with Crippen LogP contribution in [0, 0.1) is 17.2 Å². The summed E-state index contributed by atoms with van der Waals surface area (Å²) in [5.74, 6) is -0.128. The molecule has 3 N–H and O–H groups in total. The van der Waals surface area contributed by atoms with Gasteiger partial charge in [0.25, 0.3) is 5.91 Å². The highest BCUT2D eigenvalue weighted by atomic mass is 16.5. The molecular formula is C23H25N7O3. The second kappa shape index (κ2) is 9.16. The molecule has 4 heterocycles. The van der Waals surface area contributed by atoms with Crippen molar-refractivity contribution >= 4 is 23.0 Å². The Morgan fingerprint density at radius 1 is 1.30 bits per heavy atom.